The van der Waals surface area contributed by atoms with Crippen molar-refractivity contribution < 1.29 is 4.74 Å². The fourth-order valence-electron chi connectivity index (χ4n) is 4.36. The average molecular weight is 378 g/mol. The number of aromatic nitrogens is 5. The molecule has 1 aromatic carbocycles. The summed E-state index contributed by atoms with van der Waals surface area (Å²) < 4.78 is 10.7. The summed E-state index contributed by atoms with van der Waals surface area (Å²) >= 11 is 0. The molecule has 2 aromatic heterocycles. The first-order valence-electron chi connectivity index (χ1n) is 9.98. The van der Waals surface area contributed by atoms with Gasteiger partial charge in [-0.25, -0.2) is 4.98 Å². The zero-order valence-corrected chi connectivity index (χ0v) is 16.3. The van der Waals surface area contributed by atoms with Crippen LogP contribution in [0.4, 0.5) is 0 Å². The summed E-state index contributed by atoms with van der Waals surface area (Å²) in [4.78, 5) is 6.91. The van der Waals surface area contributed by atoms with E-state index in [9.17, 15) is 0 Å². The highest BCUT2D eigenvalue weighted by Crippen LogP contribution is 2.33. The molecule has 0 aliphatic carbocycles. The van der Waals surface area contributed by atoms with E-state index in [1.54, 1.807) is 0 Å². The van der Waals surface area contributed by atoms with Gasteiger partial charge in [-0.1, -0.05) is 30.3 Å². The molecule has 7 nitrogen and oxygen atoms in total. The zero-order valence-electron chi connectivity index (χ0n) is 16.3. The summed E-state index contributed by atoms with van der Waals surface area (Å²) in [5.74, 6) is 3.13. The van der Waals surface area contributed by atoms with Gasteiger partial charge < -0.3 is 13.9 Å². The number of nitrogens with zero attached hydrogens (tertiary/aromatic N) is 6. The Morgan fingerprint density at radius 3 is 2.79 bits per heavy atom. The Bertz CT molecular complexity index is 949. The largest absolute Gasteiger partial charge is 0.364 e. The summed E-state index contributed by atoms with van der Waals surface area (Å²) in [6.45, 7) is 4.22. The Balaban J connectivity index is 1.27. The molecule has 7 heteroatoms. The van der Waals surface area contributed by atoms with Crippen molar-refractivity contribution >= 4 is 0 Å². The third-order valence-electron chi connectivity index (χ3n) is 6.02. The molecule has 28 heavy (non-hydrogen) atoms. The van der Waals surface area contributed by atoms with Crippen LogP contribution in [-0.2, 0) is 44.3 Å². The van der Waals surface area contributed by atoms with Gasteiger partial charge in [-0.15, -0.1) is 10.2 Å². The topological polar surface area (TPSA) is 61.0 Å². The summed E-state index contributed by atoms with van der Waals surface area (Å²) in [7, 11) is 2.05. The van der Waals surface area contributed by atoms with Crippen molar-refractivity contribution in [1.82, 2.24) is 29.2 Å². The number of rotatable bonds is 5. The van der Waals surface area contributed by atoms with Gasteiger partial charge in [-0.05, 0) is 18.4 Å². The predicted octanol–water partition coefficient (Wildman–Crippen LogP) is 1.97. The lowest BCUT2D eigenvalue weighted by molar-refractivity contribution is -0.0832. The van der Waals surface area contributed by atoms with Crippen LogP contribution in [0.1, 0.15) is 29.5 Å². The van der Waals surface area contributed by atoms with Crippen molar-refractivity contribution in [2.24, 2.45) is 7.05 Å². The molecule has 0 N–H and O–H groups in total. The van der Waals surface area contributed by atoms with Crippen molar-refractivity contribution in [2.45, 2.75) is 44.6 Å². The molecule has 1 fully saturated rings. The van der Waals surface area contributed by atoms with E-state index in [1.807, 2.05) is 19.4 Å². The first-order chi connectivity index (χ1) is 13.7. The van der Waals surface area contributed by atoms with E-state index in [2.05, 4.69) is 59.5 Å². The monoisotopic (exact) mass is 378 g/mol. The highest BCUT2D eigenvalue weighted by Gasteiger charge is 2.43. The molecule has 1 saturated heterocycles. The summed E-state index contributed by atoms with van der Waals surface area (Å²) in [5.41, 5.74) is 1.20. The lowest BCUT2D eigenvalue weighted by Crippen LogP contribution is -2.44. The Hall–Kier alpha value is -2.51. The molecule has 4 heterocycles. The molecule has 1 atom stereocenters. The van der Waals surface area contributed by atoms with Crippen LogP contribution in [0.25, 0.3) is 0 Å². The lowest BCUT2D eigenvalue weighted by atomic mass is 10.0. The number of benzene rings is 1. The number of hydrogen-bond acceptors (Lipinski definition) is 5. The maximum atomic E-state index is 6.32. The minimum atomic E-state index is -0.137. The first kappa shape index (κ1) is 17.6. The Kier molecular flexibility index (Phi) is 4.49. The van der Waals surface area contributed by atoms with Gasteiger partial charge in [0.1, 0.15) is 23.9 Å². The van der Waals surface area contributed by atoms with E-state index < -0.39 is 0 Å². The van der Waals surface area contributed by atoms with Crippen LogP contribution in [-0.4, -0.2) is 47.9 Å². The van der Waals surface area contributed by atoms with Crippen LogP contribution >= 0.6 is 0 Å². The van der Waals surface area contributed by atoms with Crippen LogP contribution in [0, 0.1) is 0 Å². The number of aryl methyl sites for hydroxylation is 3. The van der Waals surface area contributed by atoms with Gasteiger partial charge in [-0.3, -0.25) is 4.90 Å². The second-order valence-electron chi connectivity index (χ2n) is 7.99. The maximum Gasteiger partial charge on any atom is 0.159 e. The summed E-state index contributed by atoms with van der Waals surface area (Å²) in [6, 6.07) is 10.6. The van der Waals surface area contributed by atoms with Crippen molar-refractivity contribution in [3.05, 3.63) is 65.8 Å². The summed E-state index contributed by atoms with van der Waals surface area (Å²) in [6.07, 6.45) is 6.79. The van der Waals surface area contributed by atoms with Crippen LogP contribution in [0.2, 0.25) is 0 Å². The Labute approximate surface area is 165 Å². The highest BCUT2D eigenvalue weighted by molar-refractivity contribution is 5.16. The van der Waals surface area contributed by atoms with Gasteiger partial charge in [0.2, 0.25) is 0 Å². The Morgan fingerprint density at radius 1 is 1.07 bits per heavy atom. The lowest BCUT2D eigenvalue weighted by Gasteiger charge is -2.34. The molecular weight excluding hydrogens is 352 g/mol. The second-order valence-corrected chi connectivity index (χ2v) is 7.99. The van der Waals surface area contributed by atoms with Crippen LogP contribution in [0.5, 0.6) is 0 Å². The van der Waals surface area contributed by atoms with Crippen LogP contribution in [0.15, 0.2) is 42.7 Å². The number of fused-ring (bicyclic) bond motifs is 1. The van der Waals surface area contributed by atoms with E-state index >= 15 is 0 Å². The standard InChI is InChI=1S/C21H26N6O/c1-25-12-10-22-19(25)13-26-11-9-21(15-26)16-27-18(23-24-20(27)14-28-21)8-7-17-5-3-2-4-6-17/h2-6,10,12H,7-9,11,13-16H2,1H3. The van der Waals surface area contributed by atoms with Gasteiger partial charge in [0.15, 0.2) is 5.82 Å². The van der Waals surface area contributed by atoms with Gasteiger partial charge >= 0.3 is 0 Å². The normalized spacial score (nSPS) is 22.0. The molecule has 3 aromatic rings. The molecule has 2 aliphatic rings. The number of ether oxygens (including phenoxy) is 1. The van der Waals surface area contributed by atoms with E-state index in [1.165, 1.54) is 5.56 Å². The summed E-state index contributed by atoms with van der Waals surface area (Å²) in [5, 5.41) is 8.84. The molecule has 146 valence electrons. The van der Waals surface area contributed by atoms with Crippen LogP contribution < -0.4 is 0 Å². The van der Waals surface area contributed by atoms with E-state index in [-0.39, 0.29) is 5.60 Å². The molecule has 1 unspecified atom stereocenters. The number of likely N-dealkylation sites (tertiary alicyclic amines) is 1. The minimum absolute atomic E-state index is 0.137. The molecule has 0 radical (unpaired) electrons. The van der Waals surface area contributed by atoms with Crippen molar-refractivity contribution in [3.8, 4) is 0 Å². The first-order valence-corrected chi connectivity index (χ1v) is 9.98. The third-order valence-corrected chi connectivity index (χ3v) is 6.02. The highest BCUT2D eigenvalue weighted by atomic mass is 16.5. The smallest absolute Gasteiger partial charge is 0.159 e. The quantitative estimate of drug-likeness (QED) is 0.679. The fourth-order valence-corrected chi connectivity index (χ4v) is 4.36. The zero-order chi connectivity index (χ0) is 19.0. The molecule has 2 aliphatic heterocycles. The van der Waals surface area contributed by atoms with Gasteiger partial charge in [-0.2, -0.15) is 0 Å². The molecule has 5 rings (SSSR count). The third kappa shape index (κ3) is 3.36. The van der Waals surface area contributed by atoms with Gasteiger partial charge in [0, 0.05) is 39.0 Å². The van der Waals surface area contributed by atoms with Crippen LogP contribution in [0.3, 0.4) is 0 Å². The number of hydrogen-bond donors (Lipinski definition) is 0. The Morgan fingerprint density at radius 2 is 1.96 bits per heavy atom. The minimum Gasteiger partial charge on any atom is -0.364 e. The molecule has 0 amide bonds. The average Bonchev–Trinajstić information content (AvgIpc) is 3.42. The van der Waals surface area contributed by atoms with E-state index in [4.69, 9.17) is 4.74 Å². The van der Waals surface area contributed by atoms with Crippen molar-refractivity contribution in [1.29, 1.82) is 0 Å². The predicted molar refractivity (Wildman–Crippen MR) is 104 cm³/mol. The van der Waals surface area contributed by atoms with Gasteiger partial charge in [0.05, 0.1) is 13.1 Å². The molecule has 0 bridgehead atoms. The van der Waals surface area contributed by atoms with E-state index in [0.717, 1.165) is 62.9 Å². The molecule has 0 saturated carbocycles. The van der Waals surface area contributed by atoms with Crippen molar-refractivity contribution in [3.63, 3.8) is 0 Å². The molecular formula is C21H26N6O. The van der Waals surface area contributed by atoms with E-state index in [0.29, 0.717) is 6.61 Å². The van der Waals surface area contributed by atoms with Crippen molar-refractivity contribution in [2.75, 3.05) is 13.1 Å². The maximum absolute atomic E-state index is 6.32. The fraction of sp³-hybridized carbons (Fsp3) is 0.476. The van der Waals surface area contributed by atoms with Gasteiger partial charge in [0.25, 0.3) is 0 Å². The number of imidazole rings is 1. The SMILES string of the molecule is Cn1ccnc1CN1CCC2(C1)Cn1c(CCc3ccccc3)nnc1CO2. The second kappa shape index (κ2) is 7.14. The molecule has 1 spiro atoms.